The number of rotatable bonds is 1. The Bertz CT molecular complexity index is 439. The standard InChI is InChI=1S/C16H30N2O5/c1-11-8-18(14(21)23-16(5,6)7)12(10-19)9-17(11)13(20)22-15(2,3)4/h11-12,19H,8-10H2,1-7H3/t11-,12+/m1/s1. The minimum Gasteiger partial charge on any atom is -0.444 e. The van der Waals surface area contributed by atoms with Gasteiger partial charge in [-0.15, -0.1) is 0 Å². The molecule has 7 nitrogen and oxygen atoms in total. The zero-order chi connectivity index (χ0) is 18.0. The molecule has 1 N–H and O–H groups in total. The molecule has 1 fully saturated rings. The summed E-state index contributed by atoms with van der Waals surface area (Å²) in [7, 11) is 0. The second-order valence-corrected chi connectivity index (χ2v) is 7.95. The van der Waals surface area contributed by atoms with E-state index in [0.717, 1.165) is 0 Å². The maximum atomic E-state index is 12.3. The number of carbonyl (C=O) groups excluding carboxylic acids is 2. The van der Waals surface area contributed by atoms with Crippen LogP contribution >= 0.6 is 0 Å². The fraction of sp³-hybridized carbons (Fsp3) is 0.875. The molecule has 1 aliphatic heterocycles. The number of nitrogens with zero attached hydrogens (tertiary/aromatic N) is 2. The SMILES string of the molecule is C[C@@H]1CN(C(=O)OC(C)(C)C)[C@H](CO)CN1C(=O)OC(C)(C)C. The maximum absolute atomic E-state index is 12.3. The van der Waals surface area contributed by atoms with E-state index < -0.39 is 29.4 Å². The van der Waals surface area contributed by atoms with Gasteiger partial charge in [0.15, 0.2) is 0 Å². The van der Waals surface area contributed by atoms with Gasteiger partial charge in [-0.25, -0.2) is 9.59 Å². The van der Waals surface area contributed by atoms with Gasteiger partial charge in [-0.2, -0.15) is 0 Å². The van der Waals surface area contributed by atoms with E-state index in [4.69, 9.17) is 9.47 Å². The topological polar surface area (TPSA) is 79.3 Å². The van der Waals surface area contributed by atoms with Crippen LogP contribution in [0.1, 0.15) is 48.5 Å². The van der Waals surface area contributed by atoms with Crippen molar-refractivity contribution in [2.75, 3.05) is 19.7 Å². The highest BCUT2D eigenvalue weighted by Crippen LogP contribution is 2.21. The number of hydrogen-bond acceptors (Lipinski definition) is 5. The number of amides is 2. The molecule has 2 atom stereocenters. The third-order valence-electron chi connectivity index (χ3n) is 3.31. The zero-order valence-electron chi connectivity index (χ0n) is 15.3. The first-order valence-electron chi connectivity index (χ1n) is 7.94. The van der Waals surface area contributed by atoms with Crippen LogP contribution in [0.3, 0.4) is 0 Å². The summed E-state index contributed by atoms with van der Waals surface area (Å²) < 4.78 is 10.8. The van der Waals surface area contributed by atoms with Crippen molar-refractivity contribution >= 4 is 12.2 Å². The molecular formula is C16H30N2O5. The molecule has 0 aromatic carbocycles. The molecule has 1 aliphatic rings. The number of carbonyl (C=O) groups is 2. The molecule has 0 unspecified atom stereocenters. The quantitative estimate of drug-likeness (QED) is 0.797. The summed E-state index contributed by atoms with van der Waals surface area (Å²) >= 11 is 0. The van der Waals surface area contributed by atoms with Gasteiger partial charge in [0.25, 0.3) is 0 Å². The summed E-state index contributed by atoms with van der Waals surface area (Å²) in [5.41, 5.74) is -1.20. The predicted molar refractivity (Wildman–Crippen MR) is 86.2 cm³/mol. The van der Waals surface area contributed by atoms with Gasteiger partial charge in [0.05, 0.1) is 18.7 Å². The Morgan fingerprint density at radius 1 is 0.957 bits per heavy atom. The molecule has 1 rings (SSSR count). The summed E-state index contributed by atoms with van der Waals surface area (Å²) in [5, 5.41) is 9.60. The molecule has 0 bridgehead atoms. The van der Waals surface area contributed by atoms with E-state index in [2.05, 4.69) is 0 Å². The lowest BCUT2D eigenvalue weighted by atomic mass is 10.1. The first-order chi connectivity index (χ1) is 10.3. The lowest BCUT2D eigenvalue weighted by Crippen LogP contribution is -2.62. The van der Waals surface area contributed by atoms with Crippen molar-refractivity contribution in [1.29, 1.82) is 0 Å². The number of aliphatic hydroxyl groups excluding tert-OH is 1. The number of piperazine rings is 1. The van der Waals surface area contributed by atoms with Crippen molar-refractivity contribution < 1.29 is 24.2 Å². The molecule has 0 spiro atoms. The van der Waals surface area contributed by atoms with Gasteiger partial charge in [-0.1, -0.05) is 0 Å². The minimum absolute atomic E-state index is 0.214. The van der Waals surface area contributed by atoms with Crippen LogP contribution in [0, 0.1) is 0 Å². The fourth-order valence-electron chi connectivity index (χ4n) is 2.31. The average molecular weight is 330 g/mol. The molecule has 0 aromatic rings. The van der Waals surface area contributed by atoms with E-state index in [1.54, 1.807) is 46.4 Å². The summed E-state index contributed by atoms with van der Waals surface area (Å²) in [6, 6.07) is -0.728. The third-order valence-corrected chi connectivity index (χ3v) is 3.31. The molecule has 134 valence electrons. The monoisotopic (exact) mass is 330 g/mol. The molecule has 1 saturated heterocycles. The zero-order valence-corrected chi connectivity index (χ0v) is 15.3. The van der Waals surface area contributed by atoms with Crippen LogP contribution in [0.4, 0.5) is 9.59 Å². The van der Waals surface area contributed by atoms with Crippen molar-refractivity contribution in [2.24, 2.45) is 0 Å². The van der Waals surface area contributed by atoms with Gasteiger partial charge in [0.2, 0.25) is 0 Å². The Kier molecular flexibility index (Phi) is 5.90. The lowest BCUT2D eigenvalue weighted by molar-refractivity contribution is -0.0359. The Morgan fingerprint density at radius 3 is 1.78 bits per heavy atom. The molecule has 0 aliphatic carbocycles. The Labute approximate surface area is 138 Å². The Balaban J connectivity index is 2.81. The average Bonchev–Trinajstić information content (AvgIpc) is 2.34. The normalized spacial score (nSPS) is 22.8. The first kappa shape index (κ1) is 19.5. The third kappa shape index (κ3) is 5.89. The van der Waals surface area contributed by atoms with E-state index >= 15 is 0 Å². The smallest absolute Gasteiger partial charge is 0.410 e. The highest BCUT2D eigenvalue weighted by molar-refractivity contribution is 5.71. The highest BCUT2D eigenvalue weighted by atomic mass is 16.6. The summed E-state index contributed by atoms with van der Waals surface area (Å²) in [6.07, 6.45) is -0.917. The minimum atomic E-state index is -0.609. The van der Waals surface area contributed by atoms with Crippen molar-refractivity contribution in [3.05, 3.63) is 0 Å². The van der Waals surface area contributed by atoms with Crippen LogP contribution in [0.25, 0.3) is 0 Å². The van der Waals surface area contributed by atoms with E-state index in [1.807, 2.05) is 6.92 Å². The van der Waals surface area contributed by atoms with Crippen LogP contribution in [-0.2, 0) is 9.47 Å². The van der Waals surface area contributed by atoms with Gasteiger partial charge in [0.1, 0.15) is 11.2 Å². The number of aliphatic hydroxyl groups is 1. The fourth-order valence-corrected chi connectivity index (χ4v) is 2.31. The van der Waals surface area contributed by atoms with Gasteiger partial charge in [-0.3, -0.25) is 4.90 Å². The summed E-state index contributed by atoms with van der Waals surface area (Å²) in [6.45, 7) is 12.9. The molecule has 23 heavy (non-hydrogen) atoms. The van der Waals surface area contributed by atoms with Crippen LogP contribution in [-0.4, -0.2) is 70.1 Å². The summed E-state index contributed by atoms with van der Waals surface area (Å²) in [4.78, 5) is 27.6. The van der Waals surface area contributed by atoms with Gasteiger partial charge in [-0.05, 0) is 48.5 Å². The van der Waals surface area contributed by atoms with E-state index in [-0.39, 0.29) is 19.2 Å². The van der Waals surface area contributed by atoms with Gasteiger partial charge in [0, 0.05) is 13.1 Å². The Morgan fingerprint density at radius 2 is 1.39 bits per heavy atom. The van der Waals surface area contributed by atoms with E-state index in [9.17, 15) is 14.7 Å². The van der Waals surface area contributed by atoms with Gasteiger partial charge < -0.3 is 19.5 Å². The van der Waals surface area contributed by atoms with Crippen LogP contribution in [0.5, 0.6) is 0 Å². The second-order valence-electron chi connectivity index (χ2n) is 7.95. The summed E-state index contributed by atoms with van der Waals surface area (Å²) in [5.74, 6) is 0. The van der Waals surface area contributed by atoms with E-state index in [1.165, 1.54) is 4.90 Å². The molecule has 0 aromatic heterocycles. The maximum Gasteiger partial charge on any atom is 0.410 e. The largest absolute Gasteiger partial charge is 0.444 e. The lowest BCUT2D eigenvalue weighted by Gasteiger charge is -2.44. The van der Waals surface area contributed by atoms with Gasteiger partial charge >= 0.3 is 12.2 Å². The molecule has 2 amide bonds. The molecular weight excluding hydrogens is 300 g/mol. The second kappa shape index (κ2) is 6.95. The van der Waals surface area contributed by atoms with Crippen molar-refractivity contribution in [3.8, 4) is 0 Å². The van der Waals surface area contributed by atoms with Crippen molar-refractivity contribution in [3.63, 3.8) is 0 Å². The van der Waals surface area contributed by atoms with E-state index in [0.29, 0.717) is 6.54 Å². The molecule has 0 radical (unpaired) electrons. The molecule has 7 heteroatoms. The predicted octanol–water partition coefficient (Wildman–Crippen LogP) is 2.22. The number of hydrogen-bond donors (Lipinski definition) is 1. The Hall–Kier alpha value is -1.50. The highest BCUT2D eigenvalue weighted by Gasteiger charge is 2.39. The van der Waals surface area contributed by atoms with Crippen LogP contribution in [0.2, 0.25) is 0 Å². The number of ether oxygens (including phenoxy) is 2. The van der Waals surface area contributed by atoms with Crippen LogP contribution < -0.4 is 0 Å². The van der Waals surface area contributed by atoms with Crippen molar-refractivity contribution in [1.82, 2.24) is 9.80 Å². The first-order valence-corrected chi connectivity index (χ1v) is 7.94. The molecule has 1 heterocycles. The van der Waals surface area contributed by atoms with Crippen LogP contribution in [0.15, 0.2) is 0 Å². The van der Waals surface area contributed by atoms with Crippen molar-refractivity contribution in [2.45, 2.75) is 71.8 Å². The molecule has 0 saturated carbocycles.